The molecule has 246 valence electrons. The van der Waals surface area contributed by atoms with Gasteiger partial charge in [0, 0.05) is 5.75 Å². The van der Waals surface area contributed by atoms with E-state index < -0.39 is 53.6 Å². The third kappa shape index (κ3) is 9.11. The van der Waals surface area contributed by atoms with Gasteiger partial charge >= 0.3 is 6.09 Å². The Kier molecular flexibility index (Phi) is 13.2. The highest BCUT2D eigenvalue weighted by Gasteiger charge is 2.48. The topological polar surface area (TPSA) is 157 Å². The predicted molar refractivity (Wildman–Crippen MR) is 182 cm³/mol. The number of alkyl carbamates (subject to hydrolysis) is 1. The number of nitrogens with zero attached hydrogens (tertiary/aromatic N) is 1. The quantitative estimate of drug-likeness (QED) is 0.0962. The third-order valence-corrected chi connectivity index (χ3v) is 7.73. The molecule has 2 atom stereocenters. The molecule has 0 heterocycles. The van der Waals surface area contributed by atoms with Gasteiger partial charge in [-0.15, -0.1) is 0 Å². The number of primary amides is 1. The SMILES string of the molecule is CC(C)(C)OC(=O)NC(CCCCN)C(=O)NCC(=O)N(C(CS)C(N)=O)C(c1ccccc1)(c1ccccc1)c1ccccc1. The highest BCUT2D eigenvalue weighted by Crippen LogP contribution is 2.43. The maximum absolute atomic E-state index is 14.6. The largest absolute Gasteiger partial charge is 0.444 e. The van der Waals surface area contributed by atoms with Crippen molar-refractivity contribution < 1.29 is 23.9 Å². The Balaban J connectivity index is 2.11. The molecule has 0 spiro atoms. The number of thiol groups is 1. The Morgan fingerprint density at radius 3 is 1.70 bits per heavy atom. The van der Waals surface area contributed by atoms with Crippen LogP contribution in [0, 0.1) is 0 Å². The lowest BCUT2D eigenvalue weighted by Crippen LogP contribution is -2.62. The Bertz CT molecular complexity index is 1340. The average Bonchev–Trinajstić information content (AvgIpc) is 3.03. The minimum Gasteiger partial charge on any atom is -0.444 e. The van der Waals surface area contributed by atoms with E-state index >= 15 is 0 Å². The lowest BCUT2D eigenvalue weighted by molar-refractivity contribution is -0.143. The van der Waals surface area contributed by atoms with E-state index in [2.05, 4.69) is 23.3 Å². The van der Waals surface area contributed by atoms with Crippen LogP contribution in [0.1, 0.15) is 56.7 Å². The molecular weight excluding hydrogens is 602 g/mol. The van der Waals surface area contributed by atoms with Crippen LogP contribution in [0.4, 0.5) is 4.79 Å². The molecule has 0 bridgehead atoms. The number of carbonyl (C=O) groups excluding carboxylic acids is 4. The molecule has 3 aromatic carbocycles. The summed E-state index contributed by atoms with van der Waals surface area (Å²) in [6.45, 7) is 5.09. The number of nitrogens with two attached hydrogens (primary N) is 2. The number of ether oxygens (including phenoxy) is 1. The molecule has 4 amide bonds. The minimum atomic E-state index is -1.34. The molecule has 0 aliphatic rings. The summed E-state index contributed by atoms with van der Waals surface area (Å²) in [6, 6.07) is 25.9. The highest BCUT2D eigenvalue weighted by molar-refractivity contribution is 7.80. The van der Waals surface area contributed by atoms with Gasteiger partial charge in [-0.2, -0.15) is 12.6 Å². The molecule has 46 heavy (non-hydrogen) atoms. The molecule has 3 aromatic rings. The van der Waals surface area contributed by atoms with Gasteiger partial charge in [-0.05, 0) is 63.3 Å². The second-order valence-electron chi connectivity index (χ2n) is 11.9. The Labute approximate surface area is 276 Å². The van der Waals surface area contributed by atoms with E-state index in [1.807, 2.05) is 91.0 Å². The molecule has 6 N–H and O–H groups in total. The first kappa shape index (κ1) is 36.1. The number of nitrogens with one attached hydrogen (secondary N) is 2. The van der Waals surface area contributed by atoms with Crippen molar-refractivity contribution in [3.05, 3.63) is 108 Å². The van der Waals surface area contributed by atoms with E-state index in [-0.39, 0.29) is 12.2 Å². The van der Waals surface area contributed by atoms with Crippen LogP contribution < -0.4 is 22.1 Å². The molecule has 0 saturated carbocycles. The van der Waals surface area contributed by atoms with Crippen molar-refractivity contribution in [2.24, 2.45) is 11.5 Å². The zero-order chi connectivity index (χ0) is 33.7. The van der Waals surface area contributed by atoms with Crippen molar-refractivity contribution in [2.45, 2.75) is 63.3 Å². The molecule has 0 aromatic heterocycles. The van der Waals surface area contributed by atoms with Crippen molar-refractivity contribution in [2.75, 3.05) is 18.8 Å². The van der Waals surface area contributed by atoms with E-state index in [0.717, 1.165) is 0 Å². The summed E-state index contributed by atoms with van der Waals surface area (Å²) >= 11 is 4.46. The summed E-state index contributed by atoms with van der Waals surface area (Å²) in [6.07, 6.45) is 0.728. The maximum atomic E-state index is 14.6. The Morgan fingerprint density at radius 1 is 0.826 bits per heavy atom. The Morgan fingerprint density at radius 2 is 1.30 bits per heavy atom. The minimum absolute atomic E-state index is 0.0782. The van der Waals surface area contributed by atoms with E-state index in [9.17, 15) is 19.2 Å². The van der Waals surface area contributed by atoms with Crippen LogP contribution in [0.25, 0.3) is 0 Å². The smallest absolute Gasteiger partial charge is 0.408 e. The van der Waals surface area contributed by atoms with E-state index in [0.29, 0.717) is 36.1 Å². The first-order chi connectivity index (χ1) is 21.9. The van der Waals surface area contributed by atoms with Gasteiger partial charge in [0.1, 0.15) is 23.2 Å². The number of hydrogen-bond acceptors (Lipinski definition) is 7. The van der Waals surface area contributed by atoms with Crippen molar-refractivity contribution in [3.63, 3.8) is 0 Å². The molecule has 0 aliphatic carbocycles. The average molecular weight is 648 g/mol. The molecule has 0 saturated heterocycles. The first-order valence-electron chi connectivity index (χ1n) is 15.3. The van der Waals surface area contributed by atoms with Gasteiger partial charge in [-0.3, -0.25) is 14.4 Å². The van der Waals surface area contributed by atoms with Gasteiger partial charge in [0.25, 0.3) is 0 Å². The zero-order valence-electron chi connectivity index (χ0n) is 26.6. The van der Waals surface area contributed by atoms with Crippen LogP contribution in [-0.4, -0.2) is 65.2 Å². The molecule has 0 radical (unpaired) electrons. The van der Waals surface area contributed by atoms with Crippen LogP contribution >= 0.6 is 12.6 Å². The fourth-order valence-electron chi connectivity index (χ4n) is 5.43. The third-order valence-electron chi connectivity index (χ3n) is 7.39. The van der Waals surface area contributed by atoms with E-state index in [4.69, 9.17) is 16.2 Å². The van der Waals surface area contributed by atoms with Gasteiger partial charge in [0.15, 0.2) is 0 Å². The van der Waals surface area contributed by atoms with Gasteiger partial charge < -0.3 is 31.7 Å². The second-order valence-corrected chi connectivity index (χ2v) is 12.2. The van der Waals surface area contributed by atoms with Gasteiger partial charge in [0.05, 0.1) is 6.54 Å². The van der Waals surface area contributed by atoms with Crippen LogP contribution in [0.15, 0.2) is 91.0 Å². The molecule has 0 fully saturated rings. The van der Waals surface area contributed by atoms with Crippen molar-refractivity contribution >= 4 is 36.4 Å². The van der Waals surface area contributed by atoms with Crippen LogP contribution in [-0.2, 0) is 24.7 Å². The number of amides is 4. The highest BCUT2D eigenvalue weighted by atomic mass is 32.1. The maximum Gasteiger partial charge on any atom is 0.408 e. The predicted octanol–water partition coefficient (Wildman–Crippen LogP) is 3.73. The summed E-state index contributed by atoms with van der Waals surface area (Å²) in [4.78, 5) is 55.1. The fraction of sp³-hybridized carbons (Fsp3) is 0.371. The summed E-state index contributed by atoms with van der Waals surface area (Å²) < 4.78 is 5.36. The number of carbonyl (C=O) groups is 4. The standard InChI is InChI=1S/C35H45N5O5S/c1-34(2,3)45-33(44)39-28(21-13-14-22-36)32(43)38-23-30(41)40(29(24-46)31(37)42)35(25-15-7-4-8-16-25,26-17-9-5-10-18-26)27-19-11-6-12-20-27/h4-12,15-20,28-29,46H,13-14,21-24,36H2,1-3H3,(H2,37,42)(H,38,43)(H,39,44). The normalized spacial score (nSPS) is 12.8. The zero-order valence-corrected chi connectivity index (χ0v) is 27.5. The molecule has 11 heteroatoms. The van der Waals surface area contributed by atoms with Crippen LogP contribution in [0.3, 0.4) is 0 Å². The number of hydrogen-bond donors (Lipinski definition) is 5. The summed E-state index contributed by atoms with van der Waals surface area (Å²) in [5.41, 5.74) is 11.6. The fourth-order valence-corrected chi connectivity index (χ4v) is 5.77. The first-order valence-corrected chi connectivity index (χ1v) is 15.9. The van der Waals surface area contributed by atoms with Crippen molar-refractivity contribution in [1.82, 2.24) is 15.5 Å². The summed E-state index contributed by atoms with van der Waals surface area (Å²) in [7, 11) is 0. The van der Waals surface area contributed by atoms with E-state index in [1.54, 1.807) is 20.8 Å². The summed E-state index contributed by atoms with van der Waals surface area (Å²) in [5.74, 6) is -2.00. The lowest BCUT2D eigenvalue weighted by atomic mass is 9.74. The monoisotopic (exact) mass is 647 g/mol. The van der Waals surface area contributed by atoms with Gasteiger partial charge in [0.2, 0.25) is 17.7 Å². The van der Waals surface area contributed by atoms with Crippen molar-refractivity contribution in [3.8, 4) is 0 Å². The van der Waals surface area contributed by atoms with Crippen molar-refractivity contribution in [1.29, 1.82) is 0 Å². The Hall–Kier alpha value is -4.35. The van der Waals surface area contributed by atoms with Gasteiger partial charge in [-0.25, -0.2) is 4.79 Å². The van der Waals surface area contributed by atoms with E-state index in [1.165, 1.54) is 4.90 Å². The van der Waals surface area contributed by atoms with Gasteiger partial charge in [-0.1, -0.05) is 91.0 Å². The molecule has 2 unspecified atom stereocenters. The molecule has 3 rings (SSSR count). The molecule has 10 nitrogen and oxygen atoms in total. The molecule has 0 aliphatic heterocycles. The number of unbranched alkanes of at least 4 members (excludes halogenated alkanes) is 1. The molecular formula is C35H45N5O5S. The second kappa shape index (κ2) is 16.8. The number of rotatable bonds is 15. The number of benzene rings is 3. The van der Waals surface area contributed by atoms with Crippen LogP contribution in [0.2, 0.25) is 0 Å². The summed E-state index contributed by atoms with van der Waals surface area (Å²) in [5, 5.41) is 5.31. The van der Waals surface area contributed by atoms with Crippen LogP contribution in [0.5, 0.6) is 0 Å². The lowest BCUT2D eigenvalue weighted by Gasteiger charge is -2.48.